The first-order valence-corrected chi connectivity index (χ1v) is 5.81. The maximum absolute atomic E-state index is 13.4. The highest BCUT2D eigenvalue weighted by Gasteiger charge is 2.04. The molecule has 2 N–H and O–H groups in total. The maximum Gasteiger partial charge on any atom is 0.165 e. The van der Waals surface area contributed by atoms with E-state index in [-0.39, 0.29) is 18.2 Å². The van der Waals surface area contributed by atoms with Gasteiger partial charge in [-0.25, -0.2) is 4.39 Å². The molecule has 4 heteroatoms. The summed E-state index contributed by atoms with van der Waals surface area (Å²) in [6.45, 7) is 3.71. The molecule has 0 saturated carbocycles. The molecule has 0 aliphatic heterocycles. The van der Waals surface area contributed by atoms with Crippen molar-refractivity contribution < 1.29 is 14.2 Å². The van der Waals surface area contributed by atoms with Gasteiger partial charge in [0.05, 0.1) is 7.11 Å². The number of hydrogen-bond donors (Lipinski definition) is 2. The zero-order chi connectivity index (χ0) is 12.7. The Morgan fingerprint density at radius 1 is 1.47 bits per heavy atom. The fourth-order valence-corrected chi connectivity index (χ4v) is 1.61. The van der Waals surface area contributed by atoms with Crippen LogP contribution in [0.5, 0.6) is 5.75 Å². The Labute approximate surface area is 102 Å². The number of halogens is 1. The van der Waals surface area contributed by atoms with Crippen LogP contribution in [0.15, 0.2) is 18.2 Å². The third-order valence-electron chi connectivity index (χ3n) is 2.66. The number of aliphatic hydroxyl groups is 1. The van der Waals surface area contributed by atoms with Crippen molar-refractivity contribution in [1.82, 2.24) is 5.32 Å². The lowest BCUT2D eigenvalue weighted by Gasteiger charge is -2.11. The standard InChI is InChI=1S/C13H20FNO2/c1-10(5-6-16)8-15-9-11-3-4-13(17-2)12(14)7-11/h3-4,7,10,15-16H,5-6,8-9H2,1-2H3. The molecule has 0 heterocycles. The predicted octanol–water partition coefficient (Wildman–Crippen LogP) is 1.94. The Morgan fingerprint density at radius 2 is 2.24 bits per heavy atom. The first-order chi connectivity index (χ1) is 8.17. The van der Waals surface area contributed by atoms with Crippen LogP contribution in [-0.2, 0) is 6.54 Å². The molecule has 0 amide bonds. The van der Waals surface area contributed by atoms with Crippen molar-refractivity contribution in [1.29, 1.82) is 0 Å². The van der Waals surface area contributed by atoms with Crippen LogP contribution in [0.3, 0.4) is 0 Å². The fourth-order valence-electron chi connectivity index (χ4n) is 1.61. The second-order valence-electron chi connectivity index (χ2n) is 4.22. The maximum atomic E-state index is 13.4. The fraction of sp³-hybridized carbons (Fsp3) is 0.538. The summed E-state index contributed by atoms with van der Waals surface area (Å²) in [6, 6.07) is 4.94. The van der Waals surface area contributed by atoms with Crippen LogP contribution in [0, 0.1) is 11.7 Å². The van der Waals surface area contributed by atoms with Crippen LogP contribution in [0.2, 0.25) is 0 Å². The Bertz CT molecular complexity index is 344. The lowest BCUT2D eigenvalue weighted by atomic mass is 10.1. The Kier molecular flexibility index (Phi) is 5.94. The summed E-state index contributed by atoms with van der Waals surface area (Å²) in [6.07, 6.45) is 0.782. The van der Waals surface area contributed by atoms with E-state index in [1.54, 1.807) is 6.07 Å². The molecule has 0 fully saturated rings. The second-order valence-corrected chi connectivity index (χ2v) is 4.22. The number of hydrogen-bond acceptors (Lipinski definition) is 3. The first-order valence-electron chi connectivity index (χ1n) is 5.81. The highest BCUT2D eigenvalue weighted by Crippen LogP contribution is 2.17. The summed E-state index contributed by atoms with van der Waals surface area (Å²) in [5.74, 6) is 0.348. The van der Waals surface area contributed by atoms with Gasteiger partial charge in [-0.15, -0.1) is 0 Å². The third kappa shape index (κ3) is 4.71. The molecule has 1 aromatic carbocycles. The van der Waals surface area contributed by atoms with Crippen LogP contribution in [-0.4, -0.2) is 25.4 Å². The van der Waals surface area contributed by atoms with Crippen molar-refractivity contribution in [3.05, 3.63) is 29.6 Å². The summed E-state index contributed by atoms with van der Waals surface area (Å²) >= 11 is 0. The molecule has 0 aliphatic rings. The molecule has 17 heavy (non-hydrogen) atoms. The summed E-state index contributed by atoms with van der Waals surface area (Å²) < 4.78 is 18.2. The van der Waals surface area contributed by atoms with E-state index in [2.05, 4.69) is 12.2 Å². The number of methoxy groups -OCH3 is 1. The minimum absolute atomic E-state index is 0.208. The lowest BCUT2D eigenvalue weighted by Crippen LogP contribution is -2.21. The lowest BCUT2D eigenvalue weighted by molar-refractivity contribution is 0.260. The van der Waals surface area contributed by atoms with E-state index in [0.717, 1.165) is 18.5 Å². The smallest absolute Gasteiger partial charge is 0.165 e. The minimum atomic E-state index is -0.338. The van der Waals surface area contributed by atoms with Gasteiger partial charge in [-0.05, 0) is 36.6 Å². The highest BCUT2D eigenvalue weighted by atomic mass is 19.1. The van der Waals surface area contributed by atoms with Crippen molar-refractivity contribution in [2.45, 2.75) is 19.9 Å². The quantitative estimate of drug-likeness (QED) is 0.766. The number of nitrogens with one attached hydrogen (secondary N) is 1. The largest absolute Gasteiger partial charge is 0.494 e. The first kappa shape index (κ1) is 13.9. The predicted molar refractivity (Wildman–Crippen MR) is 65.5 cm³/mol. The molecule has 0 spiro atoms. The van der Waals surface area contributed by atoms with Crippen LogP contribution in [0.4, 0.5) is 4.39 Å². The number of aliphatic hydroxyl groups excluding tert-OH is 1. The second kappa shape index (κ2) is 7.25. The molecule has 96 valence electrons. The third-order valence-corrected chi connectivity index (χ3v) is 2.66. The van der Waals surface area contributed by atoms with E-state index >= 15 is 0 Å². The Hall–Kier alpha value is -1.13. The molecular weight excluding hydrogens is 221 g/mol. The van der Waals surface area contributed by atoms with E-state index in [1.807, 2.05) is 6.07 Å². The van der Waals surface area contributed by atoms with Gasteiger partial charge in [-0.3, -0.25) is 0 Å². The zero-order valence-electron chi connectivity index (χ0n) is 10.4. The van der Waals surface area contributed by atoms with Gasteiger partial charge in [-0.1, -0.05) is 13.0 Å². The summed E-state index contributed by atoms with van der Waals surface area (Å²) in [7, 11) is 1.45. The van der Waals surface area contributed by atoms with Gasteiger partial charge < -0.3 is 15.2 Å². The normalized spacial score (nSPS) is 12.5. The highest BCUT2D eigenvalue weighted by molar-refractivity contribution is 5.29. The molecule has 1 rings (SSSR count). The van der Waals surface area contributed by atoms with E-state index in [1.165, 1.54) is 13.2 Å². The van der Waals surface area contributed by atoms with Crippen molar-refractivity contribution >= 4 is 0 Å². The van der Waals surface area contributed by atoms with Crippen LogP contribution >= 0.6 is 0 Å². The summed E-state index contributed by atoms with van der Waals surface area (Å²) in [5, 5.41) is 12.0. The molecule has 0 aromatic heterocycles. The number of ether oxygens (including phenoxy) is 1. The minimum Gasteiger partial charge on any atom is -0.494 e. The molecule has 0 bridgehead atoms. The SMILES string of the molecule is COc1ccc(CNCC(C)CCO)cc1F. The molecule has 0 aliphatic carbocycles. The van der Waals surface area contributed by atoms with Crippen LogP contribution < -0.4 is 10.1 Å². The van der Waals surface area contributed by atoms with Crippen molar-refractivity contribution in [2.75, 3.05) is 20.3 Å². The van der Waals surface area contributed by atoms with Gasteiger partial charge in [0.1, 0.15) is 0 Å². The monoisotopic (exact) mass is 241 g/mol. The molecule has 3 nitrogen and oxygen atoms in total. The van der Waals surface area contributed by atoms with Crippen molar-refractivity contribution in [2.24, 2.45) is 5.92 Å². The average molecular weight is 241 g/mol. The molecule has 0 saturated heterocycles. The molecule has 1 unspecified atom stereocenters. The van der Waals surface area contributed by atoms with Gasteiger partial charge in [0.25, 0.3) is 0 Å². The summed E-state index contributed by atoms with van der Waals surface area (Å²) in [4.78, 5) is 0. The van der Waals surface area contributed by atoms with Crippen molar-refractivity contribution in [3.8, 4) is 5.75 Å². The van der Waals surface area contributed by atoms with Gasteiger partial charge >= 0.3 is 0 Å². The van der Waals surface area contributed by atoms with Gasteiger partial charge in [0.2, 0.25) is 0 Å². The topological polar surface area (TPSA) is 41.5 Å². The summed E-state index contributed by atoms with van der Waals surface area (Å²) in [5.41, 5.74) is 0.888. The van der Waals surface area contributed by atoms with Gasteiger partial charge in [0.15, 0.2) is 11.6 Å². The number of rotatable bonds is 7. The van der Waals surface area contributed by atoms with E-state index in [4.69, 9.17) is 9.84 Å². The Balaban J connectivity index is 2.39. The van der Waals surface area contributed by atoms with E-state index in [0.29, 0.717) is 12.5 Å². The Morgan fingerprint density at radius 3 is 2.82 bits per heavy atom. The van der Waals surface area contributed by atoms with E-state index in [9.17, 15) is 4.39 Å². The zero-order valence-corrected chi connectivity index (χ0v) is 10.4. The van der Waals surface area contributed by atoms with Gasteiger partial charge in [-0.2, -0.15) is 0 Å². The van der Waals surface area contributed by atoms with E-state index < -0.39 is 0 Å². The van der Waals surface area contributed by atoms with Crippen LogP contribution in [0.1, 0.15) is 18.9 Å². The molecular formula is C13H20FNO2. The average Bonchev–Trinajstić information content (AvgIpc) is 2.29. The van der Waals surface area contributed by atoms with Gasteiger partial charge in [0, 0.05) is 13.2 Å². The van der Waals surface area contributed by atoms with Crippen molar-refractivity contribution in [3.63, 3.8) is 0 Å². The molecule has 1 atom stereocenters. The molecule has 1 aromatic rings. The molecule has 0 radical (unpaired) electrons. The number of benzene rings is 1. The van der Waals surface area contributed by atoms with Crippen LogP contribution in [0.25, 0.3) is 0 Å².